The van der Waals surface area contributed by atoms with Crippen molar-refractivity contribution in [2.24, 2.45) is 0 Å². The molecule has 0 saturated carbocycles. The van der Waals surface area contributed by atoms with E-state index in [1.807, 2.05) is 55.6 Å². The zero-order chi connectivity index (χ0) is 19.3. The van der Waals surface area contributed by atoms with Gasteiger partial charge in [-0.15, -0.1) is 0 Å². The van der Waals surface area contributed by atoms with Crippen LogP contribution >= 0.6 is 0 Å². The smallest absolute Gasteiger partial charge is 0.0684 e. The lowest BCUT2D eigenvalue weighted by molar-refractivity contribution is 1.45. The molecule has 0 bridgehead atoms. The van der Waals surface area contributed by atoms with E-state index in [1.54, 1.807) is 0 Å². The van der Waals surface area contributed by atoms with Crippen LogP contribution in [0.5, 0.6) is 0 Å². The second kappa shape index (κ2) is 7.93. The maximum atomic E-state index is 8.51. The minimum Gasteiger partial charge on any atom is -0.388 e. The number of hydrogen-bond donors (Lipinski definition) is 2. The summed E-state index contributed by atoms with van der Waals surface area (Å²) in [5, 5.41) is 11.8. The highest BCUT2D eigenvalue weighted by atomic mass is 14.8. The molecule has 28 heavy (non-hydrogen) atoms. The van der Waals surface area contributed by atoms with Crippen LogP contribution in [0.25, 0.3) is 22.3 Å². The highest BCUT2D eigenvalue weighted by Gasteiger charge is 2.07. The summed E-state index contributed by atoms with van der Waals surface area (Å²) in [4.78, 5) is 0. The van der Waals surface area contributed by atoms with Gasteiger partial charge in [-0.1, -0.05) is 91.0 Å². The second-order valence-corrected chi connectivity index (χ2v) is 6.69. The Balaban J connectivity index is 1.64. The molecule has 4 aromatic rings. The first-order chi connectivity index (χ1) is 13.8. The van der Waals surface area contributed by atoms with Crippen LogP contribution in [0, 0.1) is 5.41 Å². The quantitative estimate of drug-likeness (QED) is 0.392. The van der Waals surface area contributed by atoms with E-state index < -0.39 is 0 Å². The maximum absolute atomic E-state index is 8.51. The molecule has 0 unspecified atom stereocenters. The molecule has 2 N–H and O–H groups in total. The van der Waals surface area contributed by atoms with Gasteiger partial charge in [0.25, 0.3) is 0 Å². The average Bonchev–Trinajstić information content (AvgIpc) is 2.79. The average molecular weight is 362 g/mol. The molecule has 0 atom stereocenters. The van der Waals surface area contributed by atoms with E-state index in [4.69, 9.17) is 5.41 Å². The van der Waals surface area contributed by atoms with Gasteiger partial charge in [0.05, 0.1) is 5.71 Å². The van der Waals surface area contributed by atoms with Crippen molar-refractivity contribution in [3.8, 4) is 22.3 Å². The van der Waals surface area contributed by atoms with Gasteiger partial charge >= 0.3 is 0 Å². The van der Waals surface area contributed by atoms with E-state index in [1.165, 1.54) is 11.1 Å². The Labute approximate surface area is 166 Å². The SMILES string of the molecule is CNc1ccccc1-c1ccc(-c2cccc(C(=N)c3ccccc3)c2)cc1. The zero-order valence-corrected chi connectivity index (χ0v) is 15.8. The van der Waals surface area contributed by atoms with Gasteiger partial charge in [-0.25, -0.2) is 0 Å². The van der Waals surface area contributed by atoms with E-state index in [0.717, 1.165) is 27.9 Å². The standard InChI is InChI=1S/C26H22N2/c1-28-25-13-6-5-12-24(25)20-16-14-19(15-17-20)22-10-7-11-23(18-22)26(27)21-8-3-2-4-9-21/h2-18,27-28H,1H3. The summed E-state index contributed by atoms with van der Waals surface area (Å²) in [6, 6.07) is 35.0. The molecule has 0 radical (unpaired) electrons. The first kappa shape index (κ1) is 17.7. The first-order valence-corrected chi connectivity index (χ1v) is 9.38. The number of para-hydroxylation sites is 1. The second-order valence-electron chi connectivity index (χ2n) is 6.69. The van der Waals surface area contributed by atoms with E-state index in [2.05, 4.69) is 59.9 Å². The molecule has 0 spiro atoms. The normalized spacial score (nSPS) is 10.5. The van der Waals surface area contributed by atoms with Crippen LogP contribution in [0.2, 0.25) is 0 Å². The minimum absolute atomic E-state index is 0.544. The lowest BCUT2D eigenvalue weighted by Gasteiger charge is -2.11. The van der Waals surface area contributed by atoms with Crippen molar-refractivity contribution in [1.29, 1.82) is 5.41 Å². The van der Waals surface area contributed by atoms with Crippen molar-refractivity contribution in [3.63, 3.8) is 0 Å². The monoisotopic (exact) mass is 362 g/mol. The van der Waals surface area contributed by atoms with Crippen LogP contribution in [0.3, 0.4) is 0 Å². The van der Waals surface area contributed by atoms with Crippen LogP contribution in [0.1, 0.15) is 11.1 Å². The lowest BCUT2D eigenvalue weighted by Crippen LogP contribution is -2.00. The molecule has 0 aliphatic rings. The highest BCUT2D eigenvalue weighted by Crippen LogP contribution is 2.30. The third kappa shape index (κ3) is 3.58. The molecule has 4 aromatic carbocycles. The minimum atomic E-state index is 0.544. The number of rotatable bonds is 5. The number of benzene rings is 4. The molecule has 136 valence electrons. The van der Waals surface area contributed by atoms with Crippen LogP contribution in [0.15, 0.2) is 103 Å². The van der Waals surface area contributed by atoms with Gasteiger partial charge in [0.1, 0.15) is 0 Å². The van der Waals surface area contributed by atoms with E-state index in [0.29, 0.717) is 5.71 Å². The van der Waals surface area contributed by atoms with Crippen molar-refractivity contribution in [3.05, 3.63) is 114 Å². The lowest BCUT2D eigenvalue weighted by atomic mass is 9.96. The Morgan fingerprint density at radius 3 is 2.00 bits per heavy atom. The summed E-state index contributed by atoms with van der Waals surface area (Å²) in [5.41, 5.74) is 8.15. The molecule has 0 aliphatic carbocycles. The zero-order valence-electron chi connectivity index (χ0n) is 15.8. The molecule has 2 nitrogen and oxygen atoms in total. The third-order valence-electron chi connectivity index (χ3n) is 4.94. The van der Waals surface area contributed by atoms with Crippen molar-refractivity contribution in [2.45, 2.75) is 0 Å². The third-order valence-corrected chi connectivity index (χ3v) is 4.94. The molecule has 0 heterocycles. The van der Waals surface area contributed by atoms with Crippen molar-refractivity contribution in [1.82, 2.24) is 0 Å². The van der Waals surface area contributed by atoms with Gasteiger partial charge in [-0.3, -0.25) is 5.41 Å². The molecule has 0 amide bonds. The predicted molar refractivity (Wildman–Crippen MR) is 119 cm³/mol. The summed E-state index contributed by atoms with van der Waals surface area (Å²) in [5.74, 6) is 0. The van der Waals surface area contributed by atoms with Crippen molar-refractivity contribution >= 4 is 11.4 Å². The fourth-order valence-corrected chi connectivity index (χ4v) is 3.42. The molecule has 0 saturated heterocycles. The summed E-state index contributed by atoms with van der Waals surface area (Å²) in [6.45, 7) is 0. The van der Waals surface area contributed by atoms with E-state index in [9.17, 15) is 0 Å². The topological polar surface area (TPSA) is 35.9 Å². The maximum Gasteiger partial charge on any atom is 0.0684 e. The summed E-state index contributed by atoms with van der Waals surface area (Å²) in [6.07, 6.45) is 0. The van der Waals surface area contributed by atoms with Crippen molar-refractivity contribution in [2.75, 3.05) is 12.4 Å². The van der Waals surface area contributed by atoms with Crippen LogP contribution in [-0.2, 0) is 0 Å². The van der Waals surface area contributed by atoms with Gasteiger partial charge in [-0.2, -0.15) is 0 Å². The molecular formula is C26H22N2. The summed E-state index contributed by atoms with van der Waals surface area (Å²) < 4.78 is 0. The molecule has 0 aromatic heterocycles. The Kier molecular flexibility index (Phi) is 5.03. The summed E-state index contributed by atoms with van der Waals surface area (Å²) >= 11 is 0. The molecule has 2 heteroatoms. The van der Waals surface area contributed by atoms with E-state index in [-0.39, 0.29) is 0 Å². The fourth-order valence-electron chi connectivity index (χ4n) is 3.42. The molecule has 4 rings (SSSR count). The van der Waals surface area contributed by atoms with Crippen molar-refractivity contribution < 1.29 is 0 Å². The van der Waals surface area contributed by atoms with Crippen LogP contribution in [0.4, 0.5) is 5.69 Å². The largest absolute Gasteiger partial charge is 0.388 e. The Morgan fingerprint density at radius 2 is 1.25 bits per heavy atom. The number of hydrogen-bond acceptors (Lipinski definition) is 2. The first-order valence-electron chi connectivity index (χ1n) is 9.38. The van der Waals surface area contributed by atoms with E-state index >= 15 is 0 Å². The number of nitrogens with one attached hydrogen (secondary N) is 2. The Bertz CT molecular complexity index is 1100. The van der Waals surface area contributed by atoms with Gasteiger partial charge in [0.15, 0.2) is 0 Å². The number of anilines is 1. The Hall–Kier alpha value is -3.65. The predicted octanol–water partition coefficient (Wildman–Crippen LogP) is 6.48. The fraction of sp³-hybridized carbons (Fsp3) is 0.0385. The van der Waals surface area contributed by atoms with Gasteiger partial charge in [-0.05, 0) is 34.4 Å². The van der Waals surface area contributed by atoms with Gasteiger partial charge in [0, 0.05) is 23.9 Å². The van der Waals surface area contributed by atoms with Gasteiger partial charge < -0.3 is 5.32 Å². The molecular weight excluding hydrogens is 340 g/mol. The van der Waals surface area contributed by atoms with Gasteiger partial charge in [0.2, 0.25) is 0 Å². The van der Waals surface area contributed by atoms with Crippen LogP contribution in [-0.4, -0.2) is 12.8 Å². The van der Waals surface area contributed by atoms with Crippen LogP contribution < -0.4 is 5.32 Å². The Morgan fingerprint density at radius 1 is 0.607 bits per heavy atom. The summed E-state index contributed by atoms with van der Waals surface area (Å²) in [7, 11) is 1.94. The molecule has 0 aliphatic heterocycles. The highest BCUT2D eigenvalue weighted by molar-refractivity contribution is 6.11. The molecule has 0 fully saturated rings.